The molecule has 1 atom stereocenters. The number of hydrogen-bond acceptors (Lipinski definition) is 3. The van der Waals surface area contributed by atoms with Gasteiger partial charge in [0.25, 0.3) is 0 Å². The predicted octanol–water partition coefficient (Wildman–Crippen LogP) is 1.58. The van der Waals surface area contributed by atoms with Crippen LogP contribution in [0.2, 0.25) is 0 Å². The lowest BCUT2D eigenvalue weighted by Crippen LogP contribution is -2.46. The number of halogens is 1. The molecular weight excluding hydrogens is 262 g/mol. The van der Waals surface area contributed by atoms with Crippen LogP contribution in [0.1, 0.15) is 33.6 Å². The number of rotatable bonds is 5. The minimum absolute atomic E-state index is 0. The van der Waals surface area contributed by atoms with E-state index in [1.54, 1.807) is 0 Å². The second-order valence-corrected chi connectivity index (χ2v) is 6.63. The number of carbonyl (C=O) groups excluding carboxylic acids is 1. The SMILES string of the molecule is CC1CCCN(C(=O)CN(C)CC(C)(C)CN)C1.Cl. The van der Waals surface area contributed by atoms with Gasteiger partial charge in [0, 0.05) is 19.6 Å². The standard InChI is InChI=1S/C14H29N3O.ClH/c1-12-6-5-7-17(8-12)13(18)9-16(4)11-14(2,3)10-15;/h12H,5-11,15H2,1-4H3;1H. The molecule has 1 aliphatic heterocycles. The van der Waals surface area contributed by atoms with E-state index in [1.807, 2.05) is 11.9 Å². The van der Waals surface area contributed by atoms with E-state index in [4.69, 9.17) is 5.73 Å². The fourth-order valence-corrected chi connectivity index (χ4v) is 2.60. The van der Waals surface area contributed by atoms with Crippen LogP contribution in [-0.2, 0) is 4.79 Å². The molecule has 0 aromatic carbocycles. The monoisotopic (exact) mass is 291 g/mol. The van der Waals surface area contributed by atoms with Crippen molar-refractivity contribution in [3.05, 3.63) is 0 Å². The van der Waals surface area contributed by atoms with Crippen LogP contribution in [0.4, 0.5) is 0 Å². The minimum atomic E-state index is 0. The van der Waals surface area contributed by atoms with Crippen molar-refractivity contribution in [3.63, 3.8) is 0 Å². The van der Waals surface area contributed by atoms with Gasteiger partial charge >= 0.3 is 0 Å². The van der Waals surface area contributed by atoms with Gasteiger partial charge in [-0.2, -0.15) is 0 Å². The molecule has 19 heavy (non-hydrogen) atoms. The summed E-state index contributed by atoms with van der Waals surface area (Å²) >= 11 is 0. The molecule has 0 aromatic heterocycles. The molecule has 114 valence electrons. The Balaban J connectivity index is 0.00000324. The van der Waals surface area contributed by atoms with Gasteiger partial charge in [0.15, 0.2) is 0 Å². The molecule has 1 unspecified atom stereocenters. The smallest absolute Gasteiger partial charge is 0.236 e. The number of likely N-dealkylation sites (N-methyl/N-ethyl adjacent to an activating group) is 1. The lowest BCUT2D eigenvalue weighted by atomic mass is 9.93. The van der Waals surface area contributed by atoms with Crippen molar-refractivity contribution in [1.82, 2.24) is 9.80 Å². The Labute approximate surface area is 124 Å². The third kappa shape index (κ3) is 6.59. The van der Waals surface area contributed by atoms with Crippen molar-refractivity contribution < 1.29 is 4.79 Å². The van der Waals surface area contributed by atoms with Gasteiger partial charge in [-0.3, -0.25) is 9.69 Å². The molecule has 0 saturated carbocycles. The molecule has 1 rings (SSSR count). The number of likely N-dealkylation sites (tertiary alicyclic amines) is 1. The summed E-state index contributed by atoms with van der Waals surface area (Å²) < 4.78 is 0. The first-order chi connectivity index (χ1) is 8.34. The van der Waals surface area contributed by atoms with Gasteiger partial charge < -0.3 is 10.6 Å². The summed E-state index contributed by atoms with van der Waals surface area (Å²) in [5.74, 6) is 0.908. The zero-order chi connectivity index (χ0) is 13.8. The summed E-state index contributed by atoms with van der Waals surface area (Å²) in [6.45, 7) is 10.4. The van der Waals surface area contributed by atoms with Gasteiger partial charge in [-0.05, 0) is 37.8 Å². The van der Waals surface area contributed by atoms with Crippen molar-refractivity contribution in [2.75, 3.05) is 39.8 Å². The highest BCUT2D eigenvalue weighted by atomic mass is 35.5. The van der Waals surface area contributed by atoms with Gasteiger partial charge in [0.05, 0.1) is 6.54 Å². The Hall–Kier alpha value is -0.320. The van der Waals surface area contributed by atoms with Crippen LogP contribution in [0, 0.1) is 11.3 Å². The molecule has 0 bridgehead atoms. The molecule has 4 nitrogen and oxygen atoms in total. The van der Waals surface area contributed by atoms with E-state index in [9.17, 15) is 4.79 Å². The topological polar surface area (TPSA) is 49.6 Å². The quantitative estimate of drug-likeness (QED) is 0.837. The molecule has 0 aromatic rings. The van der Waals surface area contributed by atoms with E-state index < -0.39 is 0 Å². The Morgan fingerprint density at radius 2 is 2.11 bits per heavy atom. The molecule has 1 aliphatic rings. The van der Waals surface area contributed by atoms with E-state index in [-0.39, 0.29) is 23.7 Å². The predicted molar refractivity (Wildman–Crippen MR) is 82.6 cm³/mol. The first kappa shape index (κ1) is 18.7. The highest BCUT2D eigenvalue weighted by Crippen LogP contribution is 2.17. The molecule has 0 radical (unpaired) electrons. The van der Waals surface area contributed by atoms with Crippen LogP contribution < -0.4 is 5.73 Å². The fraction of sp³-hybridized carbons (Fsp3) is 0.929. The van der Waals surface area contributed by atoms with Gasteiger partial charge in [-0.15, -0.1) is 12.4 Å². The zero-order valence-electron chi connectivity index (χ0n) is 12.8. The summed E-state index contributed by atoms with van der Waals surface area (Å²) in [5.41, 5.74) is 5.80. The highest BCUT2D eigenvalue weighted by molar-refractivity contribution is 5.85. The molecule has 0 aliphatic carbocycles. The second kappa shape index (κ2) is 8.08. The van der Waals surface area contributed by atoms with Crippen LogP contribution in [0.15, 0.2) is 0 Å². The zero-order valence-corrected chi connectivity index (χ0v) is 13.6. The number of nitrogens with two attached hydrogens (primary N) is 1. The van der Waals surface area contributed by atoms with Crippen LogP contribution in [0.3, 0.4) is 0 Å². The molecule has 1 heterocycles. The van der Waals surface area contributed by atoms with Crippen LogP contribution in [0.5, 0.6) is 0 Å². The van der Waals surface area contributed by atoms with E-state index in [0.29, 0.717) is 19.0 Å². The molecule has 1 saturated heterocycles. The van der Waals surface area contributed by atoms with Crippen LogP contribution in [0.25, 0.3) is 0 Å². The Morgan fingerprint density at radius 3 is 2.63 bits per heavy atom. The molecular formula is C14H30ClN3O. The minimum Gasteiger partial charge on any atom is -0.341 e. The lowest BCUT2D eigenvalue weighted by Gasteiger charge is -2.34. The van der Waals surface area contributed by atoms with Crippen molar-refractivity contribution in [1.29, 1.82) is 0 Å². The van der Waals surface area contributed by atoms with Gasteiger partial charge in [0.1, 0.15) is 0 Å². The van der Waals surface area contributed by atoms with Crippen LogP contribution >= 0.6 is 12.4 Å². The second-order valence-electron chi connectivity index (χ2n) is 6.63. The maximum atomic E-state index is 12.2. The van der Waals surface area contributed by atoms with Crippen molar-refractivity contribution in [2.45, 2.75) is 33.6 Å². The Bertz CT molecular complexity index is 284. The first-order valence-corrected chi connectivity index (χ1v) is 7.00. The molecule has 5 heteroatoms. The number of piperidine rings is 1. The lowest BCUT2D eigenvalue weighted by molar-refractivity contribution is -0.134. The summed E-state index contributed by atoms with van der Waals surface area (Å²) in [4.78, 5) is 16.3. The van der Waals surface area contributed by atoms with E-state index in [2.05, 4.69) is 25.7 Å². The Kier molecular flexibility index (Phi) is 7.94. The van der Waals surface area contributed by atoms with E-state index >= 15 is 0 Å². The summed E-state index contributed by atoms with van der Waals surface area (Å²) in [6.07, 6.45) is 2.39. The highest BCUT2D eigenvalue weighted by Gasteiger charge is 2.24. The van der Waals surface area contributed by atoms with Crippen LogP contribution in [-0.4, -0.2) is 55.5 Å². The molecule has 2 N–H and O–H groups in total. The number of amides is 1. The maximum absolute atomic E-state index is 12.2. The average Bonchev–Trinajstić information content (AvgIpc) is 2.28. The summed E-state index contributed by atoms with van der Waals surface area (Å²) in [6, 6.07) is 0. The number of nitrogens with zero attached hydrogens (tertiary/aromatic N) is 2. The van der Waals surface area contributed by atoms with Crippen molar-refractivity contribution in [2.24, 2.45) is 17.1 Å². The van der Waals surface area contributed by atoms with Gasteiger partial charge in [0.2, 0.25) is 5.91 Å². The number of hydrogen-bond donors (Lipinski definition) is 1. The number of carbonyl (C=O) groups is 1. The third-order valence-electron chi connectivity index (χ3n) is 3.67. The van der Waals surface area contributed by atoms with Gasteiger partial charge in [-0.1, -0.05) is 20.8 Å². The van der Waals surface area contributed by atoms with Gasteiger partial charge in [-0.25, -0.2) is 0 Å². The molecule has 1 fully saturated rings. The Morgan fingerprint density at radius 1 is 1.47 bits per heavy atom. The average molecular weight is 292 g/mol. The maximum Gasteiger partial charge on any atom is 0.236 e. The van der Waals surface area contributed by atoms with E-state index in [1.165, 1.54) is 6.42 Å². The van der Waals surface area contributed by atoms with Crippen molar-refractivity contribution in [3.8, 4) is 0 Å². The first-order valence-electron chi connectivity index (χ1n) is 7.00. The normalized spacial score (nSPS) is 20.3. The summed E-state index contributed by atoms with van der Waals surface area (Å²) in [7, 11) is 2.00. The molecule has 1 amide bonds. The molecule has 0 spiro atoms. The van der Waals surface area contributed by atoms with E-state index in [0.717, 1.165) is 26.1 Å². The summed E-state index contributed by atoms with van der Waals surface area (Å²) in [5, 5.41) is 0. The largest absolute Gasteiger partial charge is 0.341 e. The third-order valence-corrected chi connectivity index (χ3v) is 3.67. The fourth-order valence-electron chi connectivity index (χ4n) is 2.60. The van der Waals surface area contributed by atoms with Crippen molar-refractivity contribution >= 4 is 18.3 Å².